The Morgan fingerprint density at radius 3 is 2.04 bits per heavy atom. The summed E-state index contributed by atoms with van der Waals surface area (Å²) < 4.78 is 26.5. The van der Waals surface area contributed by atoms with Gasteiger partial charge in [0.25, 0.3) is 0 Å². The molecule has 0 aliphatic carbocycles. The Kier molecular flexibility index (Phi) is 16.7. The van der Waals surface area contributed by atoms with Crippen molar-refractivity contribution in [3.05, 3.63) is 25.3 Å². The molecule has 0 spiro atoms. The van der Waals surface area contributed by atoms with Crippen molar-refractivity contribution in [2.75, 3.05) is 26.5 Å². The molecule has 0 rings (SSSR count). The number of esters is 2. The monoisotopic (exact) mass is 382 g/mol. The van der Waals surface area contributed by atoms with E-state index in [1.54, 1.807) is 6.66 Å². The summed E-state index contributed by atoms with van der Waals surface area (Å²) in [6.45, 7) is 11.7. The number of aliphatic hydroxyl groups excluding tert-OH is 2. The fourth-order valence-corrected chi connectivity index (χ4v) is 2.15. The molecule has 0 fully saturated rings. The zero-order valence-electron chi connectivity index (χ0n) is 14.9. The Morgan fingerprint density at radius 1 is 1.16 bits per heavy atom. The van der Waals surface area contributed by atoms with E-state index in [4.69, 9.17) is 9.63 Å². The van der Waals surface area contributed by atoms with Crippen molar-refractivity contribution in [3.63, 3.8) is 0 Å². The Labute approximate surface area is 149 Å². The Balaban J connectivity index is 0. The van der Waals surface area contributed by atoms with Crippen LogP contribution >= 0.6 is 8.15 Å². The van der Waals surface area contributed by atoms with Crippen LogP contribution in [0.1, 0.15) is 20.3 Å². The molecule has 0 amide bonds. The Bertz CT molecular complexity index is 404. The van der Waals surface area contributed by atoms with E-state index in [1.165, 1.54) is 6.92 Å². The quantitative estimate of drug-likeness (QED) is 0.320. The highest BCUT2D eigenvalue weighted by Crippen LogP contribution is 2.36. The first-order valence-corrected chi connectivity index (χ1v) is 9.39. The molecule has 0 heterocycles. The molecule has 0 aromatic rings. The first kappa shape index (κ1) is 25.9. The van der Waals surface area contributed by atoms with Crippen LogP contribution in [-0.2, 0) is 23.6 Å². The van der Waals surface area contributed by atoms with Crippen molar-refractivity contribution < 1.29 is 38.2 Å². The fourth-order valence-electron chi connectivity index (χ4n) is 1.29. The summed E-state index contributed by atoms with van der Waals surface area (Å²) in [5.74, 6) is -1.86. The highest BCUT2D eigenvalue weighted by atomic mass is 31.1. The van der Waals surface area contributed by atoms with Gasteiger partial charge in [0.2, 0.25) is 0 Å². The van der Waals surface area contributed by atoms with Crippen molar-refractivity contribution in [2.45, 2.75) is 38.4 Å². The number of hydrogen-bond donors (Lipinski definition) is 2. The lowest BCUT2D eigenvalue weighted by Gasteiger charge is -2.17. The van der Waals surface area contributed by atoms with Gasteiger partial charge in [0.05, 0.1) is 20.4 Å². The van der Waals surface area contributed by atoms with E-state index in [9.17, 15) is 19.1 Å². The average molecular weight is 382 g/mol. The van der Waals surface area contributed by atoms with Crippen molar-refractivity contribution in [1.29, 1.82) is 0 Å². The van der Waals surface area contributed by atoms with E-state index < -0.39 is 38.2 Å². The number of aliphatic hydroxyl groups is 2. The zero-order chi connectivity index (χ0) is 19.8. The molecular weight excluding hydrogens is 354 g/mol. The van der Waals surface area contributed by atoms with Gasteiger partial charge in [0, 0.05) is 25.2 Å². The van der Waals surface area contributed by atoms with Crippen LogP contribution in [0, 0.1) is 0 Å². The van der Waals surface area contributed by atoms with Gasteiger partial charge < -0.3 is 24.2 Å². The first-order chi connectivity index (χ1) is 11.7. The molecular formula is C16H28FO7P. The van der Waals surface area contributed by atoms with Crippen LogP contribution in [-0.4, -0.2) is 66.8 Å². The lowest BCUT2D eigenvalue weighted by Crippen LogP contribution is -2.20. The van der Waals surface area contributed by atoms with E-state index in [1.807, 2.05) is 6.92 Å². The van der Waals surface area contributed by atoms with Gasteiger partial charge >= 0.3 is 11.9 Å². The maximum Gasteiger partial charge on any atom is 0.330 e. The topological polar surface area (TPSA) is 102 Å². The number of carbonyl (C=O) groups excluding carboxylic acids is 2. The van der Waals surface area contributed by atoms with Crippen molar-refractivity contribution in [3.8, 4) is 0 Å². The van der Waals surface area contributed by atoms with E-state index in [0.717, 1.165) is 12.2 Å². The van der Waals surface area contributed by atoms with Crippen molar-refractivity contribution >= 4 is 20.1 Å². The molecule has 0 aliphatic heterocycles. The van der Waals surface area contributed by atoms with Gasteiger partial charge in [-0.2, -0.15) is 0 Å². The summed E-state index contributed by atoms with van der Waals surface area (Å²) in [6.07, 6.45) is -0.00206. The van der Waals surface area contributed by atoms with Crippen molar-refractivity contribution in [1.82, 2.24) is 0 Å². The van der Waals surface area contributed by atoms with Gasteiger partial charge in [0.15, 0.2) is 0 Å². The van der Waals surface area contributed by atoms with E-state index in [0.29, 0.717) is 6.61 Å². The number of carbonyl (C=O) groups is 2. The number of hydrogen-bond acceptors (Lipinski definition) is 7. The summed E-state index contributed by atoms with van der Waals surface area (Å²) in [6, 6.07) is 0. The third-order valence-electron chi connectivity index (χ3n) is 2.48. The molecule has 2 N–H and O–H groups in total. The van der Waals surface area contributed by atoms with Crippen LogP contribution in [0.3, 0.4) is 0 Å². The molecule has 4 unspecified atom stereocenters. The fraction of sp³-hybridized carbons (Fsp3) is 0.625. The second kappa shape index (κ2) is 16.1. The summed E-state index contributed by atoms with van der Waals surface area (Å²) in [5, 5.41) is 18.4. The van der Waals surface area contributed by atoms with Gasteiger partial charge in [-0.25, -0.2) is 14.0 Å². The van der Waals surface area contributed by atoms with Gasteiger partial charge in [-0.15, -0.1) is 0 Å². The number of rotatable bonds is 11. The molecule has 7 nitrogen and oxygen atoms in total. The van der Waals surface area contributed by atoms with Gasteiger partial charge in [-0.05, 0) is 20.5 Å². The minimum Gasteiger partial charge on any atom is -0.460 e. The van der Waals surface area contributed by atoms with Gasteiger partial charge in [0.1, 0.15) is 19.1 Å². The summed E-state index contributed by atoms with van der Waals surface area (Å²) >= 11 is 0. The number of halogens is 1. The van der Waals surface area contributed by atoms with E-state index >= 15 is 0 Å². The molecule has 0 aliphatic rings. The zero-order valence-corrected chi connectivity index (χ0v) is 15.8. The highest BCUT2D eigenvalue weighted by Gasteiger charge is 2.15. The first-order valence-electron chi connectivity index (χ1n) is 7.62. The lowest BCUT2D eigenvalue weighted by atomic mass is 10.2. The molecule has 0 aromatic heterocycles. The molecule has 0 saturated carbocycles. The van der Waals surface area contributed by atoms with Crippen LogP contribution in [0.5, 0.6) is 0 Å². The second-order valence-electron chi connectivity index (χ2n) is 4.78. The SMILES string of the molecule is C=CC(=O)OCC(O)CC(C)F.C=CC(=O)OCC(O)P(C)OCC. The highest BCUT2D eigenvalue weighted by molar-refractivity contribution is 7.52. The largest absolute Gasteiger partial charge is 0.460 e. The molecule has 25 heavy (non-hydrogen) atoms. The smallest absolute Gasteiger partial charge is 0.330 e. The summed E-state index contributed by atoms with van der Waals surface area (Å²) in [7, 11) is -0.934. The average Bonchev–Trinajstić information content (AvgIpc) is 2.57. The summed E-state index contributed by atoms with van der Waals surface area (Å²) in [4.78, 5) is 21.1. The standard InChI is InChI=1S/C8H13FO3.C8H15O4P/c1-3-8(11)12-5-7(10)4-6(2)9;1-4-7(9)11-6-8(10)13(3)12-5-2/h3,6-7,10H,1,4-5H2,2H3;4,8,10H,1,5-6H2,2-3H3. The molecule has 0 saturated heterocycles. The molecule has 0 aromatic carbocycles. The normalized spacial score (nSPS) is 14.8. The maximum absolute atomic E-state index is 12.2. The predicted molar refractivity (Wildman–Crippen MR) is 94.0 cm³/mol. The van der Waals surface area contributed by atoms with Crippen LogP contribution in [0.2, 0.25) is 0 Å². The van der Waals surface area contributed by atoms with E-state index in [2.05, 4.69) is 22.6 Å². The molecule has 0 radical (unpaired) electrons. The molecule has 9 heteroatoms. The van der Waals surface area contributed by atoms with E-state index in [-0.39, 0.29) is 19.6 Å². The second-order valence-corrected chi connectivity index (χ2v) is 6.73. The predicted octanol–water partition coefficient (Wildman–Crippen LogP) is 1.92. The minimum atomic E-state index is -1.09. The van der Waals surface area contributed by atoms with Crippen LogP contribution in [0.15, 0.2) is 25.3 Å². The van der Waals surface area contributed by atoms with Crippen LogP contribution in [0.25, 0.3) is 0 Å². The Morgan fingerprint density at radius 2 is 1.64 bits per heavy atom. The molecule has 146 valence electrons. The maximum atomic E-state index is 12.2. The number of alkyl halides is 1. The summed E-state index contributed by atoms with van der Waals surface area (Å²) in [5.41, 5.74) is 0. The lowest BCUT2D eigenvalue weighted by molar-refractivity contribution is -0.141. The molecule has 4 atom stereocenters. The van der Waals surface area contributed by atoms with Crippen LogP contribution < -0.4 is 0 Å². The van der Waals surface area contributed by atoms with Gasteiger partial charge in [-0.1, -0.05) is 13.2 Å². The third-order valence-corrected chi connectivity index (χ3v) is 4.13. The number of ether oxygens (including phenoxy) is 2. The minimum absolute atomic E-state index is 0.0234. The third kappa shape index (κ3) is 17.3. The Hall–Kier alpha value is -1.34. The van der Waals surface area contributed by atoms with Crippen LogP contribution in [0.4, 0.5) is 4.39 Å². The molecule has 0 bridgehead atoms. The van der Waals surface area contributed by atoms with Gasteiger partial charge in [-0.3, -0.25) is 0 Å². The van der Waals surface area contributed by atoms with Crippen molar-refractivity contribution in [2.24, 2.45) is 0 Å².